The third-order valence-corrected chi connectivity index (χ3v) is 4.82. The van der Waals surface area contributed by atoms with Crippen molar-refractivity contribution in [1.29, 1.82) is 0 Å². The second kappa shape index (κ2) is 6.05. The van der Waals surface area contributed by atoms with E-state index in [2.05, 4.69) is 10.1 Å². The van der Waals surface area contributed by atoms with Crippen LogP contribution in [0.25, 0.3) is 0 Å². The number of hydrogen-bond donors (Lipinski definition) is 0. The van der Waals surface area contributed by atoms with Crippen LogP contribution in [-0.4, -0.2) is 38.9 Å². The molecule has 8 nitrogen and oxygen atoms in total. The van der Waals surface area contributed by atoms with E-state index in [0.717, 1.165) is 0 Å². The van der Waals surface area contributed by atoms with Gasteiger partial charge in [-0.3, -0.25) is 19.3 Å². The predicted molar refractivity (Wildman–Crippen MR) is 87.2 cm³/mol. The molecule has 1 aliphatic carbocycles. The maximum absolute atomic E-state index is 12.5. The Balaban J connectivity index is 1.42. The van der Waals surface area contributed by atoms with Gasteiger partial charge in [0, 0.05) is 18.9 Å². The average Bonchev–Trinajstić information content (AvgIpc) is 3.13. The number of aromatic nitrogens is 2. The standard InChI is InChI=1S/C18H17N3O5/c1-9(25-10(2)22)16-19-15(20-26-16)11-7-12(8-11)21-17(23)13-5-3-4-6-14(13)18(21)24/h3-6,9,11-12H,7-8H2,1-2H3/t9-,11?,12?/m1/s1. The van der Waals surface area contributed by atoms with Crippen LogP contribution < -0.4 is 0 Å². The normalized spacial score (nSPS) is 22.8. The summed E-state index contributed by atoms with van der Waals surface area (Å²) in [5, 5.41) is 3.94. The van der Waals surface area contributed by atoms with Crippen LogP contribution >= 0.6 is 0 Å². The second-order valence-corrected chi connectivity index (χ2v) is 6.59. The third kappa shape index (κ3) is 2.58. The maximum atomic E-state index is 12.5. The van der Waals surface area contributed by atoms with E-state index in [-0.39, 0.29) is 29.7 Å². The Morgan fingerprint density at radius 2 is 1.85 bits per heavy atom. The summed E-state index contributed by atoms with van der Waals surface area (Å²) >= 11 is 0. The summed E-state index contributed by atoms with van der Waals surface area (Å²) < 4.78 is 10.2. The van der Waals surface area contributed by atoms with Crippen LogP contribution in [-0.2, 0) is 9.53 Å². The molecule has 1 aliphatic heterocycles. The molecule has 0 N–H and O–H groups in total. The molecule has 1 fully saturated rings. The van der Waals surface area contributed by atoms with Crippen LogP contribution in [0.4, 0.5) is 0 Å². The average molecular weight is 355 g/mol. The van der Waals surface area contributed by atoms with E-state index in [9.17, 15) is 14.4 Å². The van der Waals surface area contributed by atoms with Gasteiger partial charge in [0.15, 0.2) is 11.9 Å². The predicted octanol–water partition coefficient (Wildman–Crippen LogP) is 2.24. The molecule has 2 amide bonds. The largest absolute Gasteiger partial charge is 0.453 e. The van der Waals surface area contributed by atoms with Gasteiger partial charge in [0.25, 0.3) is 17.7 Å². The zero-order chi connectivity index (χ0) is 18.4. The van der Waals surface area contributed by atoms with Crippen molar-refractivity contribution in [2.24, 2.45) is 0 Å². The topological polar surface area (TPSA) is 103 Å². The second-order valence-electron chi connectivity index (χ2n) is 6.59. The Morgan fingerprint density at radius 1 is 1.23 bits per heavy atom. The number of imide groups is 1. The monoisotopic (exact) mass is 355 g/mol. The highest BCUT2D eigenvalue weighted by Gasteiger charge is 2.46. The van der Waals surface area contributed by atoms with Crippen LogP contribution in [0.15, 0.2) is 28.8 Å². The van der Waals surface area contributed by atoms with Crippen molar-refractivity contribution >= 4 is 17.8 Å². The highest BCUT2D eigenvalue weighted by atomic mass is 16.6. The van der Waals surface area contributed by atoms with Crippen molar-refractivity contribution in [3.05, 3.63) is 47.1 Å². The number of fused-ring (bicyclic) bond motifs is 1. The van der Waals surface area contributed by atoms with Crippen LogP contribution in [0.1, 0.15) is 71.1 Å². The fourth-order valence-electron chi connectivity index (χ4n) is 3.43. The molecule has 2 heterocycles. The summed E-state index contributed by atoms with van der Waals surface area (Å²) in [4.78, 5) is 41.6. The first kappa shape index (κ1) is 16.4. The van der Waals surface area contributed by atoms with Gasteiger partial charge >= 0.3 is 5.97 Å². The lowest BCUT2D eigenvalue weighted by atomic mass is 9.79. The van der Waals surface area contributed by atoms with Crippen LogP contribution in [0.3, 0.4) is 0 Å². The summed E-state index contributed by atoms with van der Waals surface area (Å²) in [6.45, 7) is 2.97. The molecule has 1 aromatic heterocycles. The van der Waals surface area contributed by atoms with Gasteiger partial charge in [0.2, 0.25) is 0 Å². The molecule has 8 heteroatoms. The Labute approximate surface area is 149 Å². The number of esters is 1. The summed E-state index contributed by atoms with van der Waals surface area (Å²) in [5.74, 6) is -0.165. The van der Waals surface area contributed by atoms with Gasteiger partial charge in [-0.15, -0.1) is 0 Å². The zero-order valence-corrected chi connectivity index (χ0v) is 14.3. The van der Waals surface area contributed by atoms with Crippen LogP contribution in [0, 0.1) is 0 Å². The van der Waals surface area contributed by atoms with Gasteiger partial charge in [-0.1, -0.05) is 17.3 Å². The van der Waals surface area contributed by atoms with Gasteiger partial charge < -0.3 is 9.26 Å². The number of carbonyl (C=O) groups is 3. The van der Waals surface area contributed by atoms with Gasteiger partial charge in [-0.25, -0.2) is 0 Å². The number of ether oxygens (including phenoxy) is 1. The Hall–Kier alpha value is -3.03. The molecule has 1 atom stereocenters. The fraction of sp³-hybridized carbons (Fsp3) is 0.389. The number of nitrogens with zero attached hydrogens (tertiary/aromatic N) is 3. The molecular weight excluding hydrogens is 338 g/mol. The van der Waals surface area contributed by atoms with Crippen molar-refractivity contribution in [2.75, 3.05) is 0 Å². The van der Waals surface area contributed by atoms with Crippen molar-refractivity contribution in [1.82, 2.24) is 15.0 Å². The van der Waals surface area contributed by atoms with Gasteiger partial charge in [0.1, 0.15) is 0 Å². The lowest BCUT2D eigenvalue weighted by molar-refractivity contribution is -0.147. The molecule has 0 unspecified atom stereocenters. The number of amides is 2. The van der Waals surface area contributed by atoms with E-state index in [1.54, 1.807) is 31.2 Å². The first-order chi connectivity index (χ1) is 12.5. The SMILES string of the molecule is CC(=O)O[C@H](C)c1nc(C2CC(N3C(=O)c4ccccc4C3=O)C2)no1. The molecule has 0 radical (unpaired) electrons. The van der Waals surface area contributed by atoms with E-state index in [1.807, 2.05) is 0 Å². The summed E-state index contributed by atoms with van der Waals surface area (Å²) in [5.41, 5.74) is 0.913. The molecule has 0 bridgehead atoms. The molecule has 4 rings (SSSR count). The highest BCUT2D eigenvalue weighted by Crippen LogP contribution is 2.41. The molecule has 1 saturated carbocycles. The van der Waals surface area contributed by atoms with E-state index < -0.39 is 12.1 Å². The van der Waals surface area contributed by atoms with Crippen LogP contribution in [0.5, 0.6) is 0 Å². The summed E-state index contributed by atoms with van der Waals surface area (Å²) in [7, 11) is 0. The minimum absolute atomic E-state index is 0.00587. The zero-order valence-electron chi connectivity index (χ0n) is 14.3. The first-order valence-corrected chi connectivity index (χ1v) is 8.43. The molecule has 1 aromatic carbocycles. The molecular formula is C18H17N3O5. The Bertz CT molecular complexity index is 865. The van der Waals surface area contributed by atoms with E-state index in [0.29, 0.717) is 29.8 Å². The Kier molecular flexibility index (Phi) is 3.82. The van der Waals surface area contributed by atoms with Crippen molar-refractivity contribution in [3.63, 3.8) is 0 Å². The molecule has 0 saturated heterocycles. The lowest BCUT2D eigenvalue weighted by Gasteiger charge is -2.38. The minimum atomic E-state index is -0.610. The lowest BCUT2D eigenvalue weighted by Crippen LogP contribution is -2.47. The van der Waals surface area contributed by atoms with E-state index in [1.165, 1.54) is 11.8 Å². The summed E-state index contributed by atoms with van der Waals surface area (Å²) in [6, 6.07) is 6.69. The fourth-order valence-corrected chi connectivity index (χ4v) is 3.43. The number of benzene rings is 1. The molecule has 134 valence electrons. The summed E-state index contributed by atoms with van der Waals surface area (Å²) in [6.07, 6.45) is 0.569. The highest BCUT2D eigenvalue weighted by molar-refractivity contribution is 6.21. The van der Waals surface area contributed by atoms with Gasteiger partial charge in [0.05, 0.1) is 11.1 Å². The quantitative estimate of drug-likeness (QED) is 0.612. The number of carbonyl (C=O) groups excluding carboxylic acids is 3. The number of hydrogen-bond acceptors (Lipinski definition) is 7. The van der Waals surface area contributed by atoms with Gasteiger partial charge in [-0.2, -0.15) is 4.98 Å². The van der Waals surface area contributed by atoms with Crippen molar-refractivity contribution < 1.29 is 23.6 Å². The molecule has 2 aliphatic rings. The molecule has 26 heavy (non-hydrogen) atoms. The minimum Gasteiger partial charge on any atom is -0.453 e. The van der Waals surface area contributed by atoms with E-state index >= 15 is 0 Å². The maximum Gasteiger partial charge on any atom is 0.303 e. The van der Waals surface area contributed by atoms with Crippen LogP contribution in [0.2, 0.25) is 0 Å². The van der Waals surface area contributed by atoms with Crippen molar-refractivity contribution in [2.45, 2.75) is 44.8 Å². The first-order valence-electron chi connectivity index (χ1n) is 8.43. The third-order valence-electron chi connectivity index (χ3n) is 4.82. The van der Waals surface area contributed by atoms with E-state index in [4.69, 9.17) is 9.26 Å². The molecule has 0 spiro atoms. The number of rotatable bonds is 4. The smallest absolute Gasteiger partial charge is 0.303 e. The van der Waals surface area contributed by atoms with Crippen molar-refractivity contribution in [3.8, 4) is 0 Å². The Morgan fingerprint density at radius 3 is 2.42 bits per heavy atom. The molecule has 2 aromatic rings. The van der Waals surface area contributed by atoms with Gasteiger partial charge in [-0.05, 0) is 31.9 Å².